The van der Waals surface area contributed by atoms with Gasteiger partial charge in [-0.15, -0.1) is 0 Å². The molecular weight excluding hydrogens is 160 g/mol. The molecule has 0 aliphatic heterocycles. The minimum Gasteiger partial charge on any atom is -0.314 e. The molecule has 1 N–H and O–H groups in total. The first kappa shape index (κ1) is 10.3. The van der Waals surface area contributed by atoms with Crippen molar-refractivity contribution in [2.45, 2.75) is 44.6 Å². The normalized spacial score (nSPS) is 21.3. The van der Waals surface area contributed by atoms with E-state index in [-0.39, 0.29) is 0 Å². The van der Waals surface area contributed by atoms with Gasteiger partial charge in [-0.3, -0.25) is 0 Å². The zero-order valence-corrected chi connectivity index (χ0v) is 8.13. The Bertz CT molecular complexity index is 191. The summed E-state index contributed by atoms with van der Waals surface area (Å²) in [5.41, 5.74) is 0. The van der Waals surface area contributed by atoms with Crippen LogP contribution in [0.15, 0.2) is 12.2 Å². The van der Waals surface area contributed by atoms with Crippen molar-refractivity contribution in [3.8, 4) is 6.07 Å². The number of nitrogens with one attached hydrogen (secondary N) is 1. The summed E-state index contributed by atoms with van der Waals surface area (Å²) < 4.78 is 0. The summed E-state index contributed by atoms with van der Waals surface area (Å²) >= 11 is 0. The highest BCUT2D eigenvalue weighted by Crippen LogP contribution is 2.10. The van der Waals surface area contributed by atoms with Crippen LogP contribution in [0.4, 0.5) is 0 Å². The first-order valence-electron chi connectivity index (χ1n) is 5.19. The number of unbranched alkanes of at least 4 members (excludes halogenated alkanes) is 2. The van der Waals surface area contributed by atoms with Crippen molar-refractivity contribution in [1.82, 2.24) is 5.32 Å². The van der Waals surface area contributed by atoms with Crippen LogP contribution >= 0.6 is 0 Å². The van der Waals surface area contributed by atoms with Gasteiger partial charge in [0, 0.05) is 12.5 Å². The van der Waals surface area contributed by atoms with Crippen molar-refractivity contribution in [3.05, 3.63) is 12.2 Å². The second-order valence-corrected chi connectivity index (χ2v) is 3.55. The van der Waals surface area contributed by atoms with E-state index >= 15 is 0 Å². The Labute approximate surface area is 80.6 Å². The zero-order valence-electron chi connectivity index (χ0n) is 8.13. The Morgan fingerprint density at radius 1 is 1.38 bits per heavy atom. The number of allylic oxidation sites excluding steroid dienone is 1. The minimum atomic E-state index is 0.687. The smallest absolute Gasteiger partial charge is 0.0621 e. The van der Waals surface area contributed by atoms with E-state index in [9.17, 15) is 0 Å². The topological polar surface area (TPSA) is 35.8 Å². The lowest BCUT2D eigenvalue weighted by atomic mass is 10.0. The van der Waals surface area contributed by atoms with Crippen LogP contribution in [0.5, 0.6) is 0 Å². The Hall–Kier alpha value is -0.810. The predicted molar refractivity (Wildman–Crippen MR) is 54.2 cm³/mol. The summed E-state index contributed by atoms with van der Waals surface area (Å²) in [4.78, 5) is 0. The number of nitrogens with zero attached hydrogens (tertiary/aromatic N) is 1. The maximum atomic E-state index is 8.33. The van der Waals surface area contributed by atoms with E-state index in [1.54, 1.807) is 0 Å². The van der Waals surface area contributed by atoms with Gasteiger partial charge < -0.3 is 5.32 Å². The molecule has 1 unspecified atom stereocenters. The standard InChI is InChI=1S/C11H18N2/c12-9-5-2-6-10-13-11-7-3-1-4-8-11/h1,3,11,13H,2,4-8,10H2. The predicted octanol–water partition coefficient (Wildman–Crippen LogP) is 2.38. The second-order valence-electron chi connectivity index (χ2n) is 3.55. The summed E-state index contributed by atoms with van der Waals surface area (Å²) in [6.07, 6.45) is 11.1. The molecule has 0 fully saturated rings. The molecule has 1 aliphatic carbocycles. The molecule has 2 nitrogen and oxygen atoms in total. The average molecular weight is 178 g/mol. The van der Waals surface area contributed by atoms with Crippen LogP contribution in [-0.2, 0) is 0 Å². The number of nitriles is 1. The third-order valence-electron chi connectivity index (χ3n) is 2.42. The quantitative estimate of drug-likeness (QED) is 0.518. The maximum Gasteiger partial charge on any atom is 0.0621 e. The largest absolute Gasteiger partial charge is 0.314 e. The molecule has 1 rings (SSSR count). The molecule has 1 aliphatic rings. The molecule has 0 amide bonds. The summed E-state index contributed by atoms with van der Waals surface area (Å²) in [6.45, 7) is 1.07. The van der Waals surface area contributed by atoms with Crippen molar-refractivity contribution in [2.75, 3.05) is 6.54 Å². The molecule has 0 aromatic carbocycles. The van der Waals surface area contributed by atoms with Gasteiger partial charge in [0.2, 0.25) is 0 Å². The van der Waals surface area contributed by atoms with Crippen molar-refractivity contribution in [3.63, 3.8) is 0 Å². The summed E-state index contributed by atoms with van der Waals surface area (Å²) in [5, 5.41) is 11.9. The number of rotatable bonds is 5. The van der Waals surface area contributed by atoms with Crippen LogP contribution in [-0.4, -0.2) is 12.6 Å². The molecule has 0 bridgehead atoms. The van der Waals surface area contributed by atoms with Crippen LogP contribution in [0, 0.1) is 11.3 Å². The Morgan fingerprint density at radius 2 is 2.31 bits per heavy atom. The number of hydrogen-bond donors (Lipinski definition) is 1. The van der Waals surface area contributed by atoms with E-state index in [0.717, 1.165) is 19.4 Å². The van der Waals surface area contributed by atoms with Gasteiger partial charge in [0.15, 0.2) is 0 Å². The van der Waals surface area contributed by atoms with E-state index in [1.165, 1.54) is 19.3 Å². The van der Waals surface area contributed by atoms with Gasteiger partial charge in [-0.05, 0) is 38.6 Å². The average Bonchev–Trinajstić information content (AvgIpc) is 2.19. The van der Waals surface area contributed by atoms with Gasteiger partial charge in [-0.2, -0.15) is 5.26 Å². The molecule has 2 heteroatoms. The highest BCUT2D eigenvalue weighted by Gasteiger charge is 2.07. The first-order valence-corrected chi connectivity index (χ1v) is 5.19. The van der Waals surface area contributed by atoms with Gasteiger partial charge in [0.1, 0.15) is 0 Å². The van der Waals surface area contributed by atoms with E-state index in [2.05, 4.69) is 23.5 Å². The highest BCUT2D eigenvalue weighted by atomic mass is 14.9. The monoisotopic (exact) mass is 178 g/mol. The van der Waals surface area contributed by atoms with Gasteiger partial charge >= 0.3 is 0 Å². The van der Waals surface area contributed by atoms with E-state index in [0.29, 0.717) is 12.5 Å². The molecule has 0 radical (unpaired) electrons. The number of hydrogen-bond acceptors (Lipinski definition) is 2. The SMILES string of the molecule is N#CCCCCNC1CC=CCC1. The Morgan fingerprint density at radius 3 is 3.00 bits per heavy atom. The molecular formula is C11H18N2. The fourth-order valence-electron chi connectivity index (χ4n) is 1.61. The van der Waals surface area contributed by atoms with Crippen LogP contribution in [0.25, 0.3) is 0 Å². The molecule has 72 valence electrons. The fraction of sp³-hybridized carbons (Fsp3) is 0.727. The van der Waals surface area contributed by atoms with E-state index < -0.39 is 0 Å². The molecule has 0 spiro atoms. The minimum absolute atomic E-state index is 0.687. The van der Waals surface area contributed by atoms with Crippen molar-refractivity contribution in [1.29, 1.82) is 5.26 Å². The van der Waals surface area contributed by atoms with E-state index in [4.69, 9.17) is 5.26 Å². The maximum absolute atomic E-state index is 8.33. The van der Waals surface area contributed by atoms with Crippen LogP contribution in [0.2, 0.25) is 0 Å². The van der Waals surface area contributed by atoms with Gasteiger partial charge in [0.25, 0.3) is 0 Å². The first-order chi connectivity index (χ1) is 6.43. The lowest BCUT2D eigenvalue weighted by molar-refractivity contribution is 0.466. The fourth-order valence-corrected chi connectivity index (χ4v) is 1.61. The molecule has 0 heterocycles. The lowest BCUT2D eigenvalue weighted by Gasteiger charge is -2.18. The van der Waals surface area contributed by atoms with Crippen molar-refractivity contribution in [2.24, 2.45) is 0 Å². The molecule has 1 atom stereocenters. The highest BCUT2D eigenvalue weighted by molar-refractivity contribution is 4.92. The molecule has 0 aromatic heterocycles. The Kier molecular flexibility index (Phi) is 5.28. The van der Waals surface area contributed by atoms with Gasteiger partial charge in [0.05, 0.1) is 6.07 Å². The third kappa shape index (κ3) is 4.69. The Balaban J connectivity index is 1.93. The lowest BCUT2D eigenvalue weighted by Crippen LogP contribution is -2.30. The van der Waals surface area contributed by atoms with Crippen molar-refractivity contribution >= 4 is 0 Å². The van der Waals surface area contributed by atoms with Crippen molar-refractivity contribution < 1.29 is 0 Å². The summed E-state index contributed by atoms with van der Waals surface area (Å²) in [6, 6.07) is 2.85. The van der Waals surface area contributed by atoms with E-state index in [1.807, 2.05) is 0 Å². The van der Waals surface area contributed by atoms with Crippen LogP contribution in [0.3, 0.4) is 0 Å². The summed E-state index contributed by atoms with van der Waals surface area (Å²) in [5.74, 6) is 0. The third-order valence-corrected chi connectivity index (χ3v) is 2.42. The van der Waals surface area contributed by atoms with Gasteiger partial charge in [-0.25, -0.2) is 0 Å². The zero-order chi connectivity index (χ0) is 9.36. The molecule has 0 saturated carbocycles. The van der Waals surface area contributed by atoms with Crippen LogP contribution < -0.4 is 5.32 Å². The van der Waals surface area contributed by atoms with Crippen LogP contribution in [0.1, 0.15) is 38.5 Å². The molecule has 0 aromatic rings. The molecule has 0 saturated heterocycles. The second kappa shape index (κ2) is 6.68. The summed E-state index contributed by atoms with van der Waals surface area (Å²) in [7, 11) is 0. The van der Waals surface area contributed by atoms with Gasteiger partial charge in [-0.1, -0.05) is 12.2 Å². The molecule has 13 heavy (non-hydrogen) atoms.